The fourth-order valence-electron chi connectivity index (χ4n) is 3.34. The third kappa shape index (κ3) is 9.77. The molecule has 0 saturated carbocycles. The molecule has 0 fully saturated rings. The van der Waals surface area contributed by atoms with Crippen molar-refractivity contribution in [2.45, 2.75) is 70.5 Å². The highest BCUT2D eigenvalue weighted by Crippen LogP contribution is 2.27. The second-order valence-electron chi connectivity index (χ2n) is 9.04. The molecule has 0 saturated heterocycles. The maximum absolute atomic E-state index is 13.5. The summed E-state index contributed by atoms with van der Waals surface area (Å²) in [6.07, 6.45) is -1.45. The molecule has 0 aliphatic heterocycles. The van der Waals surface area contributed by atoms with Crippen LogP contribution in [0.25, 0.3) is 0 Å². The van der Waals surface area contributed by atoms with Crippen molar-refractivity contribution < 1.29 is 42.1 Å². The Morgan fingerprint density at radius 1 is 1.00 bits per heavy atom. The predicted molar refractivity (Wildman–Crippen MR) is 136 cm³/mol. The molecule has 0 radical (unpaired) electrons. The fourth-order valence-corrected chi connectivity index (χ4v) is 4.69. The van der Waals surface area contributed by atoms with Crippen LogP contribution in [0.5, 0.6) is 5.75 Å². The van der Waals surface area contributed by atoms with Crippen LogP contribution < -0.4 is 9.46 Å². The molecule has 10 nitrogen and oxygen atoms in total. The van der Waals surface area contributed by atoms with Gasteiger partial charge in [-0.3, -0.25) is 4.79 Å². The van der Waals surface area contributed by atoms with Gasteiger partial charge in [0.25, 0.3) is 0 Å². The summed E-state index contributed by atoms with van der Waals surface area (Å²) in [7, 11) is -4.34. The van der Waals surface area contributed by atoms with Crippen molar-refractivity contribution in [3.63, 3.8) is 0 Å². The lowest BCUT2D eigenvalue weighted by Gasteiger charge is -2.28. The number of carbonyl (C=O) groups excluding carboxylic acids is 1. The van der Waals surface area contributed by atoms with Crippen molar-refractivity contribution >= 4 is 22.0 Å². The van der Waals surface area contributed by atoms with Gasteiger partial charge in [-0.15, -0.1) is 0 Å². The third-order valence-corrected chi connectivity index (χ3v) is 6.35. The number of nitrogens with one attached hydrogen (secondary N) is 1. The summed E-state index contributed by atoms with van der Waals surface area (Å²) < 4.78 is 51.8. The highest BCUT2D eigenvalue weighted by atomic mass is 32.2. The summed E-state index contributed by atoms with van der Waals surface area (Å²) in [5, 5.41) is 9.41. The first-order valence-corrected chi connectivity index (χ1v) is 13.4. The van der Waals surface area contributed by atoms with Crippen molar-refractivity contribution in [1.82, 2.24) is 4.72 Å². The first-order valence-electron chi connectivity index (χ1n) is 11.9. The van der Waals surface area contributed by atoms with Gasteiger partial charge in [-0.25, -0.2) is 17.9 Å². The number of esters is 1. The molecular formula is C26H35NO9S. The molecule has 2 aromatic rings. The Morgan fingerprint density at radius 3 is 2.16 bits per heavy atom. The van der Waals surface area contributed by atoms with Gasteiger partial charge >= 0.3 is 11.9 Å². The SMILES string of the molecule is CCOC(OCC)C(CC(=O)OC(C)(C)C)NS(=O)(=O)c1ccc(C(=O)O)cc1OCc1ccccc1. The largest absolute Gasteiger partial charge is 0.487 e. The van der Waals surface area contributed by atoms with Gasteiger partial charge in [0, 0.05) is 13.2 Å². The van der Waals surface area contributed by atoms with Crippen molar-refractivity contribution in [3.8, 4) is 5.75 Å². The monoisotopic (exact) mass is 537 g/mol. The molecule has 2 rings (SSSR count). The van der Waals surface area contributed by atoms with Crippen LogP contribution >= 0.6 is 0 Å². The molecule has 0 aromatic heterocycles. The number of carboxylic acid groups (broad SMARTS) is 1. The highest BCUT2D eigenvalue weighted by Gasteiger charge is 2.33. The lowest BCUT2D eigenvalue weighted by Crippen LogP contribution is -2.47. The molecule has 0 bridgehead atoms. The van der Waals surface area contributed by atoms with Crippen LogP contribution in [0, 0.1) is 0 Å². The Balaban J connectivity index is 2.42. The van der Waals surface area contributed by atoms with Gasteiger partial charge in [0.2, 0.25) is 10.0 Å². The molecule has 0 aliphatic carbocycles. The van der Waals surface area contributed by atoms with Gasteiger partial charge in [-0.1, -0.05) is 30.3 Å². The summed E-state index contributed by atoms with van der Waals surface area (Å²) in [6, 6.07) is 11.3. The van der Waals surface area contributed by atoms with Crippen LogP contribution in [0.3, 0.4) is 0 Å². The summed E-state index contributed by atoms with van der Waals surface area (Å²) in [5.74, 6) is -2.04. The number of rotatable bonds is 14. The van der Waals surface area contributed by atoms with E-state index in [9.17, 15) is 23.1 Å². The van der Waals surface area contributed by atoms with E-state index in [1.54, 1.807) is 58.9 Å². The standard InChI is InChI=1S/C26H35NO9S/c1-6-33-25(34-7-2)20(16-23(28)36-26(3,4)5)27-37(31,32)22-14-13-19(24(29)30)15-21(22)35-17-18-11-9-8-10-12-18/h8-15,20,25,27H,6-7,16-17H2,1-5H3,(H,29,30). The minimum absolute atomic E-state index is 0.00822. The zero-order valence-corrected chi connectivity index (χ0v) is 22.5. The molecule has 2 N–H and O–H groups in total. The average molecular weight is 538 g/mol. The molecule has 0 aliphatic rings. The molecular weight excluding hydrogens is 502 g/mol. The molecule has 1 atom stereocenters. The second kappa shape index (κ2) is 13.5. The number of ether oxygens (including phenoxy) is 4. The van der Waals surface area contributed by atoms with Crippen LogP contribution in [-0.4, -0.2) is 56.6 Å². The normalized spacial score (nSPS) is 12.8. The van der Waals surface area contributed by atoms with Gasteiger partial charge in [0.15, 0.2) is 6.29 Å². The summed E-state index contributed by atoms with van der Waals surface area (Å²) in [6.45, 7) is 8.95. The lowest BCUT2D eigenvalue weighted by atomic mass is 10.1. The zero-order valence-electron chi connectivity index (χ0n) is 21.7. The highest BCUT2D eigenvalue weighted by molar-refractivity contribution is 7.89. The van der Waals surface area contributed by atoms with Crippen molar-refractivity contribution in [2.75, 3.05) is 13.2 Å². The Kier molecular flexibility index (Phi) is 11.1. The van der Waals surface area contributed by atoms with E-state index in [4.69, 9.17) is 18.9 Å². The molecule has 11 heteroatoms. The first-order chi connectivity index (χ1) is 17.4. The maximum Gasteiger partial charge on any atom is 0.335 e. The van der Waals surface area contributed by atoms with E-state index in [1.807, 2.05) is 6.07 Å². The minimum Gasteiger partial charge on any atom is -0.487 e. The Morgan fingerprint density at radius 2 is 1.62 bits per heavy atom. The number of carboxylic acids is 1. The van der Waals surface area contributed by atoms with E-state index in [0.29, 0.717) is 0 Å². The van der Waals surface area contributed by atoms with E-state index < -0.39 is 39.9 Å². The smallest absolute Gasteiger partial charge is 0.335 e. The van der Waals surface area contributed by atoms with Gasteiger partial charge in [0.05, 0.1) is 18.0 Å². The topological polar surface area (TPSA) is 137 Å². The lowest BCUT2D eigenvalue weighted by molar-refractivity contribution is -0.169. The molecule has 0 spiro atoms. The minimum atomic E-state index is -4.34. The molecule has 2 aromatic carbocycles. The van der Waals surface area contributed by atoms with E-state index in [1.165, 1.54) is 0 Å². The van der Waals surface area contributed by atoms with E-state index >= 15 is 0 Å². The summed E-state index contributed by atoms with van der Waals surface area (Å²) in [4.78, 5) is 23.8. The fraction of sp³-hybridized carbons (Fsp3) is 0.462. The van der Waals surface area contributed by atoms with E-state index in [-0.39, 0.29) is 42.4 Å². The van der Waals surface area contributed by atoms with Crippen LogP contribution in [0.15, 0.2) is 53.4 Å². The quantitative estimate of drug-likeness (QED) is 0.273. The number of carbonyl (C=O) groups is 2. The number of hydrogen-bond acceptors (Lipinski definition) is 8. The first kappa shape index (κ1) is 30.2. The Labute approximate surface area is 217 Å². The Hall–Kier alpha value is -2.99. The zero-order chi connectivity index (χ0) is 27.6. The second-order valence-corrected chi connectivity index (χ2v) is 10.7. The molecule has 1 unspecified atom stereocenters. The molecule has 204 valence electrons. The summed E-state index contributed by atoms with van der Waals surface area (Å²) >= 11 is 0. The van der Waals surface area contributed by atoms with Gasteiger partial charge in [-0.2, -0.15) is 0 Å². The van der Waals surface area contributed by atoms with E-state index in [0.717, 1.165) is 23.8 Å². The van der Waals surface area contributed by atoms with Crippen molar-refractivity contribution in [2.24, 2.45) is 0 Å². The molecule has 0 heterocycles. The van der Waals surface area contributed by atoms with Gasteiger partial charge in [0.1, 0.15) is 22.9 Å². The van der Waals surface area contributed by atoms with E-state index in [2.05, 4.69) is 4.72 Å². The van der Waals surface area contributed by atoms with Crippen LogP contribution in [-0.2, 0) is 35.6 Å². The van der Waals surface area contributed by atoms with Crippen LogP contribution in [0.4, 0.5) is 0 Å². The maximum atomic E-state index is 13.5. The number of sulfonamides is 1. The van der Waals surface area contributed by atoms with Gasteiger partial charge in [-0.05, 0) is 58.4 Å². The molecule has 0 amide bonds. The Bertz CT molecular complexity index is 1140. The number of benzene rings is 2. The number of aromatic carboxylic acids is 1. The van der Waals surface area contributed by atoms with Crippen LogP contribution in [0.2, 0.25) is 0 Å². The number of hydrogen-bond donors (Lipinski definition) is 2. The third-order valence-electron chi connectivity index (χ3n) is 4.82. The molecule has 37 heavy (non-hydrogen) atoms. The average Bonchev–Trinajstić information content (AvgIpc) is 2.81. The van der Waals surface area contributed by atoms with Crippen molar-refractivity contribution in [3.05, 3.63) is 59.7 Å². The van der Waals surface area contributed by atoms with Crippen molar-refractivity contribution in [1.29, 1.82) is 0 Å². The van der Waals surface area contributed by atoms with Gasteiger partial charge < -0.3 is 24.1 Å². The summed E-state index contributed by atoms with van der Waals surface area (Å²) in [5.41, 5.74) is -0.165. The van der Waals surface area contributed by atoms with Crippen LogP contribution in [0.1, 0.15) is 57.0 Å². The predicted octanol–water partition coefficient (Wildman–Crippen LogP) is 3.74.